The topological polar surface area (TPSA) is 69.0 Å². The first-order valence-corrected chi connectivity index (χ1v) is 10.7. The van der Waals surface area contributed by atoms with E-state index in [1.54, 1.807) is 36.4 Å². The van der Waals surface area contributed by atoms with Gasteiger partial charge in [0.1, 0.15) is 0 Å². The van der Waals surface area contributed by atoms with Crippen molar-refractivity contribution < 1.29 is 13.2 Å². The highest BCUT2D eigenvalue weighted by Gasteiger charge is 2.21. The fourth-order valence-electron chi connectivity index (χ4n) is 3.20. The van der Waals surface area contributed by atoms with Crippen LogP contribution in [0.25, 0.3) is 22.2 Å². The van der Waals surface area contributed by atoms with Crippen molar-refractivity contribution in [2.45, 2.75) is 11.7 Å². The van der Waals surface area contributed by atoms with Crippen molar-refractivity contribution in [1.29, 1.82) is 0 Å². The van der Waals surface area contributed by atoms with Crippen molar-refractivity contribution in [1.82, 2.24) is 9.55 Å². The van der Waals surface area contributed by atoms with E-state index in [2.05, 4.69) is 4.98 Å². The molecule has 0 fully saturated rings. The Bertz CT molecular complexity index is 1260. The molecule has 0 aliphatic heterocycles. The summed E-state index contributed by atoms with van der Waals surface area (Å²) in [5.41, 5.74) is 3.78. The number of imidazole rings is 1. The Morgan fingerprint density at radius 2 is 1.46 bits per heavy atom. The Kier molecular flexibility index (Phi) is 4.57. The van der Waals surface area contributed by atoms with Crippen molar-refractivity contribution in [3.05, 3.63) is 84.4 Å². The van der Waals surface area contributed by atoms with E-state index in [0.717, 1.165) is 17.4 Å². The number of fused-ring (bicyclic) bond motifs is 1. The third kappa shape index (κ3) is 3.46. The molecule has 4 aromatic rings. The maximum Gasteiger partial charge on any atom is 0.228 e. The first-order chi connectivity index (χ1) is 13.4. The second-order valence-electron chi connectivity index (χ2n) is 6.61. The number of Topliss-reactive ketones (excluding diaryl/α,β-unsaturated/α-hetero) is 1. The zero-order valence-electron chi connectivity index (χ0n) is 15.2. The van der Waals surface area contributed by atoms with Gasteiger partial charge in [0, 0.05) is 11.8 Å². The molecular weight excluding hydrogens is 372 g/mol. The van der Waals surface area contributed by atoms with Crippen LogP contribution in [0.4, 0.5) is 0 Å². The standard InChI is InChI=1S/C22H18N2O3S/c1-28(26,27)22-23-19-9-5-6-10-20(19)24(22)15-21(25)18-13-11-17(12-14-18)16-7-3-2-4-8-16/h2-14H,15H2,1H3. The molecule has 0 amide bonds. The van der Waals surface area contributed by atoms with Gasteiger partial charge >= 0.3 is 0 Å². The van der Waals surface area contributed by atoms with Crippen LogP contribution in [0.15, 0.2) is 84.0 Å². The van der Waals surface area contributed by atoms with Gasteiger partial charge in [0.05, 0.1) is 17.6 Å². The highest BCUT2D eigenvalue weighted by molar-refractivity contribution is 7.90. The second-order valence-corrected chi connectivity index (χ2v) is 8.52. The summed E-state index contributed by atoms with van der Waals surface area (Å²) >= 11 is 0. The zero-order chi connectivity index (χ0) is 19.7. The highest BCUT2D eigenvalue weighted by Crippen LogP contribution is 2.22. The minimum atomic E-state index is -3.57. The average molecular weight is 390 g/mol. The quantitative estimate of drug-likeness (QED) is 0.483. The van der Waals surface area contributed by atoms with Gasteiger partial charge in [-0.1, -0.05) is 66.7 Å². The number of aromatic nitrogens is 2. The lowest BCUT2D eigenvalue weighted by Gasteiger charge is -2.08. The first kappa shape index (κ1) is 18.1. The normalized spacial score (nSPS) is 11.6. The lowest BCUT2D eigenvalue weighted by Crippen LogP contribution is -2.15. The summed E-state index contributed by atoms with van der Waals surface area (Å²) in [6.45, 7) is -0.0897. The number of hydrogen-bond acceptors (Lipinski definition) is 4. The van der Waals surface area contributed by atoms with Crippen LogP contribution in [0.2, 0.25) is 0 Å². The summed E-state index contributed by atoms with van der Waals surface area (Å²) in [5, 5.41) is -0.0945. The lowest BCUT2D eigenvalue weighted by atomic mass is 10.0. The smallest absolute Gasteiger partial charge is 0.228 e. The summed E-state index contributed by atoms with van der Waals surface area (Å²) in [7, 11) is -3.57. The summed E-state index contributed by atoms with van der Waals surface area (Å²) in [6.07, 6.45) is 1.10. The molecule has 0 N–H and O–H groups in total. The second kappa shape index (κ2) is 7.05. The Morgan fingerprint density at radius 1 is 0.857 bits per heavy atom. The number of benzene rings is 3. The van der Waals surface area contributed by atoms with Crippen molar-refractivity contribution in [3.63, 3.8) is 0 Å². The van der Waals surface area contributed by atoms with Crippen LogP contribution in [-0.4, -0.2) is 30.0 Å². The molecule has 5 nitrogen and oxygen atoms in total. The summed E-state index contributed by atoms with van der Waals surface area (Å²) in [6, 6.07) is 24.3. The van der Waals surface area contributed by atoms with Crippen LogP contribution in [0, 0.1) is 0 Å². The van der Waals surface area contributed by atoms with Crippen molar-refractivity contribution in [3.8, 4) is 11.1 Å². The number of hydrogen-bond donors (Lipinski definition) is 0. The number of rotatable bonds is 5. The lowest BCUT2D eigenvalue weighted by molar-refractivity contribution is 0.0970. The van der Waals surface area contributed by atoms with Crippen LogP contribution in [-0.2, 0) is 16.4 Å². The Morgan fingerprint density at radius 3 is 2.14 bits per heavy atom. The number of sulfone groups is 1. The molecule has 6 heteroatoms. The first-order valence-electron chi connectivity index (χ1n) is 8.77. The predicted molar refractivity (Wildman–Crippen MR) is 109 cm³/mol. The molecular formula is C22H18N2O3S. The molecule has 0 unspecified atom stereocenters. The van der Waals surface area contributed by atoms with Crippen LogP contribution >= 0.6 is 0 Å². The molecule has 0 saturated heterocycles. The molecule has 3 aromatic carbocycles. The summed E-state index contributed by atoms with van der Waals surface area (Å²) < 4.78 is 25.8. The molecule has 0 saturated carbocycles. The van der Waals surface area contributed by atoms with Gasteiger partial charge in [-0.25, -0.2) is 13.4 Å². The van der Waals surface area contributed by atoms with E-state index in [1.165, 1.54) is 4.57 Å². The van der Waals surface area contributed by atoms with E-state index in [0.29, 0.717) is 16.6 Å². The highest BCUT2D eigenvalue weighted by atomic mass is 32.2. The van der Waals surface area contributed by atoms with Gasteiger partial charge in [-0.3, -0.25) is 4.79 Å². The van der Waals surface area contributed by atoms with Crippen molar-refractivity contribution >= 4 is 26.7 Å². The molecule has 4 rings (SSSR count). The molecule has 28 heavy (non-hydrogen) atoms. The van der Waals surface area contributed by atoms with Gasteiger partial charge in [-0.05, 0) is 23.3 Å². The summed E-state index contributed by atoms with van der Waals surface area (Å²) in [4.78, 5) is 17.0. The molecule has 1 aromatic heterocycles. The molecule has 0 radical (unpaired) electrons. The van der Waals surface area contributed by atoms with E-state index in [9.17, 15) is 13.2 Å². The average Bonchev–Trinajstić information content (AvgIpc) is 3.08. The van der Waals surface area contributed by atoms with E-state index < -0.39 is 9.84 Å². The SMILES string of the molecule is CS(=O)(=O)c1nc2ccccc2n1CC(=O)c1ccc(-c2ccccc2)cc1. The zero-order valence-corrected chi connectivity index (χ0v) is 16.1. The van der Waals surface area contributed by atoms with E-state index in [-0.39, 0.29) is 17.5 Å². The maximum atomic E-state index is 12.8. The van der Waals surface area contributed by atoms with Gasteiger partial charge in [0.25, 0.3) is 0 Å². The number of carbonyl (C=O) groups is 1. The fourth-order valence-corrected chi connectivity index (χ4v) is 4.03. The van der Waals surface area contributed by atoms with Gasteiger partial charge in [-0.15, -0.1) is 0 Å². The number of para-hydroxylation sites is 2. The molecule has 0 atom stereocenters. The number of carbonyl (C=O) groups excluding carboxylic acids is 1. The van der Waals surface area contributed by atoms with Crippen LogP contribution in [0.5, 0.6) is 0 Å². The number of ketones is 1. The van der Waals surface area contributed by atoms with E-state index in [1.807, 2.05) is 42.5 Å². The maximum absolute atomic E-state index is 12.8. The van der Waals surface area contributed by atoms with Gasteiger partial charge in [0.2, 0.25) is 15.0 Å². The van der Waals surface area contributed by atoms with E-state index in [4.69, 9.17) is 0 Å². The molecule has 1 heterocycles. The molecule has 0 aliphatic rings. The fraction of sp³-hybridized carbons (Fsp3) is 0.0909. The van der Waals surface area contributed by atoms with Crippen molar-refractivity contribution in [2.24, 2.45) is 0 Å². The van der Waals surface area contributed by atoms with Crippen molar-refractivity contribution in [2.75, 3.05) is 6.26 Å². The minimum Gasteiger partial charge on any atom is -0.307 e. The summed E-state index contributed by atoms with van der Waals surface area (Å²) in [5.74, 6) is -0.173. The molecule has 140 valence electrons. The van der Waals surface area contributed by atoms with E-state index >= 15 is 0 Å². The minimum absolute atomic E-state index is 0.0897. The van der Waals surface area contributed by atoms with Gasteiger partial charge in [-0.2, -0.15) is 0 Å². The third-order valence-corrected chi connectivity index (χ3v) is 5.54. The molecule has 0 bridgehead atoms. The van der Waals surface area contributed by atoms with Crippen LogP contribution < -0.4 is 0 Å². The monoisotopic (exact) mass is 390 g/mol. The van der Waals surface area contributed by atoms with Gasteiger partial charge < -0.3 is 4.57 Å². The Labute approximate surface area is 163 Å². The third-order valence-electron chi connectivity index (χ3n) is 4.57. The Hall–Kier alpha value is -3.25. The molecule has 0 aliphatic carbocycles. The Balaban J connectivity index is 1.67. The van der Waals surface area contributed by atoms with Crippen LogP contribution in [0.1, 0.15) is 10.4 Å². The predicted octanol–water partition coefficient (Wildman–Crippen LogP) is 3.99. The van der Waals surface area contributed by atoms with Gasteiger partial charge in [0.15, 0.2) is 5.78 Å². The molecule has 0 spiro atoms. The van der Waals surface area contributed by atoms with Crippen LogP contribution in [0.3, 0.4) is 0 Å². The number of nitrogens with zero attached hydrogens (tertiary/aromatic N) is 2. The largest absolute Gasteiger partial charge is 0.307 e.